The van der Waals surface area contributed by atoms with E-state index in [0.29, 0.717) is 11.5 Å². The summed E-state index contributed by atoms with van der Waals surface area (Å²) in [5.41, 5.74) is 7.77. The van der Waals surface area contributed by atoms with E-state index >= 15 is 0 Å². The molecular formula is C14H26N2. The van der Waals surface area contributed by atoms with Crippen molar-refractivity contribution in [3.05, 3.63) is 24.0 Å². The minimum absolute atomic E-state index is 0.295. The van der Waals surface area contributed by atoms with Crippen LogP contribution in [0, 0.1) is 5.41 Å². The Morgan fingerprint density at radius 1 is 1.38 bits per heavy atom. The zero-order chi connectivity index (χ0) is 12.2. The highest BCUT2D eigenvalue weighted by atomic mass is 15.0. The van der Waals surface area contributed by atoms with Gasteiger partial charge in [-0.15, -0.1) is 0 Å². The van der Waals surface area contributed by atoms with Crippen molar-refractivity contribution in [3.63, 3.8) is 0 Å². The smallest absolute Gasteiger partial charge is 0.0227 e. The lowest BCUT2D eigenvalue weighted by Gasteiger charge is -2.20. The molecule has 0 aromatic carbocycles. The van der Waals surface area contributed by atoms with Gasteiger partial charge in [0.15, 0.2) is 0 Å². The topological polar surface area (TPSA) is 30.9 Å². The van der Waals surface area contributed by atoms with Crippen LogP contribution in [0.15, 0.2) is 18.3 Å². The van der Waals surface area contributed by atoms with Crippen LogP contribution in [0.1, 0.15) is 46.2 Å². The van der Waals surface area contributed by atoms with E-state index in [1.54, 1.807) is 0 Å². The van der Waals surface area contributed by atoms with E-state index in [0.717, 1.165) is 19.4 Å². The molecule has 1 atom stereocenters. The first-order valence-corrected chi connectivity index (χ1v) is 6.32. The molecule has 1 unspecified atom stereocenters. The van der Waals surface area contributed by atoms with Crippen LogP contribution in [-0.2, 0) is 13.0 Å². The summed E-state index contributed by atoms with van der Waals surface area (Å²) >= 11 is 0. The molecule has 16 heavy (non-hydrogen) atoms. The van der Waals surface area contributed by atoms with E-state index in [1.807, 2.05) is 0 Å². The lowest BCUT2D eigenvalue weighted by molar-refractivity contribution is 0.347. The Kier molecular flexibility index (Phi) is 4.60. The minimum Gasteiger partial charge on any atom is -0.351 e. The summed E-state index contributed by atoms with van der Waals surface area (Å²) in [6.45, 7) is 10.1. The molecule has 0 bridgehead atoms. The number of nitrogens with two attached hydrogens (primary N) is 1. The lowest BCUT2D eigenvalue weighted by Crippen LogP contribution is -2.23. The Balaban J connectivity index is 2.57. The van der Waals surface area contributed by atoms with Crippen molar-refractivity contribution in [1.29, 1.82) is 0 Å². The first-order chi connectivity index (χ1) is 7.42. The van der Waals surface area contributed by atoms with Gasteiger partial charge >= 0.3 is 0 Å². The van der Waals surface area contributed by atoms with E-state index in [1.165, 1.54) is 12.1 Å². The molecular weight excluding hydrogens is 196 g/mol. The average molecular weight is 222 g/mol. The van der Waals surface area contributed by atoms with E-state index in [-0.39, 0.29) is 0 Å². The summed E-state index contributed by atoms with van der Waals surface area (Å²) in [4.78, 5) is 0. The van der Waals surface area contributed by atoms with Crippen molar-refractivity contribution >= 4 is 0 Å². The van der Waals surface area contributed by atoms with Gasteiger partial charge < -0.3 is 10.3 Å². The van der Waals surface area contributed by atoms with E-state index in [2.05, 4.69) is 50.6 Å². The van der Waals surface area contributed by atoms with Gasteiger partial charge in [-0.3, -0.25) is 0 Å². The third-order valence-corrected chi connectivity index (χ3v) is 3.02. The van der Waals surface area contributed by atoms with Crippen molar-refractivity contribution in [3.8, 4) is 0 Å². The molecule has 2 N–H and O–H groups in total. The molecule has 0 saturated carbocycles. The fourth-order valence-corrected chi connectivity index (χ4v) is 1.72. The van der Waals surface area contributed by atoms with Gasteiger partial charge in [-0.25, -0.2) is 0 Å². The molecule has 92 valence electrons. The molecule has 0 radical (unpaired) electrons. The predicted octanol–water partition coefficient (Wildman–Crippen LogP) is 3.20. The van der Waals surface area contributed by atoms with Crippen LogP contribution in [0.5, 0.6) is 0 Å². The number of hydrogen-bond donors (Lipinski definition) is 1. The molecule has 0 aliphatic rings. The number of rotatable bonds is 5. The maximum absolute atomic E-state index is 6.00. The molecule has 0 aliphatic heterocycles. The average Bonchev–Trinajstić information content (AvgIpc) is 2.61. The summed E-state index contributed by atoms with van der Waals surface area (Å²) < 4.78 is 2.35. The normalized spacial score (nSPS) is 14.1. The molecule has 1 heterocycles. The Hall–Kier alpha value is -0.760. The highest BCUT2D eigenvalue weighted by Crippen LogP contribution is 2.20. The van der Waals surface area contributed by atoms with Gasteiger partial charge in [0.1, 0.15) is 0 Å². The molecule has 0 saturated heterocycles. The second-order valence-corrected chi connectivity index (χ2v) is 5.88. The molecule has 2 nitrogen and oxygen atoms in total. The maximum Gasteiger partial charge on any atom is 0.0227 e. The SMILES string of the molecule is CCC(N)Cc1cccn1CCC(C)(C)C. The number of hydrogen-bond acceptors (Lipinski definition) is 1. The molecule has 1 aromatic heterocycles. The van der Waals surface area contributed by atoms with E-state index < -0.39 is 0 Å². The summed E-state index contributed by atoms with van der Waals surface area (Å²) in [5, 5.41) is 0. The summed E-state index contributed by atoms with van der Waals surface area (Å²) in [6.07, 6.45) is 5.41. The third kappa shape index (κ3) is 4.40. The van der Waals surface area contributed by atoms with Crippen LogP contribution in [0.4, 0.5) is 0 Å². The Morgan fingerprint density at radius 3 is 2.62 bits per heavy atom. The summed E-state index contributed by atoms with van der Waals surface area (Å²) in [7, 11) is 0. The van der Waals surface area contributed by atoms with Gasteiger partial charge in [-0.1, -0.05) is 27.7 Å². The Labute approximate surface area is 99.8 Å². The zero-order valence-corrected chi connectivity index (χ0v) is 11.2. The molecule has 2 heteroatoms. The maximum atomic E-state index is 6.00. The van der Waals surface area contributed by atoms with Gasteiger partial charge in [0, 0.05) is 30.9 Å². The fourth-order valence-electron chi connectivity index (χ4n) is 1.72. The highest BCUT2D eigenvalue weighted by Gasteiger charge is 2.11. The monoisotopic (exact) mass is 222 g/mol. The third-order valence-electron chi connectivity index (χ3n) is 3.02. The van der Waals surface area contributed by atoms with Crippen LogP contribution >= 0.6 is 0 Å². The Bertz CT molecular complexity index is 307. The largest absolute Gasteiger partial charge is 0.351 e. The standard InChI is InChI=1S/C14H26N2/c1-5-12(15)11-13-7-6-9-16(13)10-8-14(2,3)4/h6-7,9,12H,5,8,10-11,15H2,1-4H3. The molecule has 0 amide bonds. The van der Waals surface area contributed by atoms with Gasteiger partial charge in [0.05, 0.1) is 0 Å². The number of aromatic nitrogens is 1. The lowest BCUT2D eigenvalue weighted by atomic mass is 9.92. The number of aryl methyl sites for hydroxylation is 1. The van der Waals surface area contributed by atoms with Crippen LogP contribution in [0.2, 0.25) is 0 Å². The van der Waals surface area contributed by atoms with E-state index in [4.69, 9.17) is 5.73 Å². The van der Waals surface area contributed by atoms with Crippen molar-refractivity contribution in [2.24, 2.45) is 11.1 Å². The predicted molar refractivity (Wildman–Crippen MR) is 70.5 cm³/mol. The fraction of sp³-hybridized carbons (Fsp3) is 0.714. The highest BCUT2D eigenvalue weighted by molar-refractivity contribution is 5.08. The van der Waals surface area contributed by atoms with Crippen LogP contribution in [0.3, 0.4) is 0 Å². The van der Waals surface area contributed by atoms with Gasteiger partial charge in [0.2, 0.25) is 0 Å². The van der Waals surface area contributed by atoms with Crippen LogP contribution in [0.25, 0.3) is 0 Å². The van der Waals surface area contributed by atoms with Gasteiger partial charge in [0.25, 0.3) is 0 Å². The van der Waals surface area contributed by atoms with E-state index in [9.17, 15) is 0 Å². The second-order valence-electron chi connectivity index (χ2n) is 5.88. The first kappa shape index (κ1) is 13.3. The summed E-state index contributed by atoms with van der Waals surface area (Å²) in [6, 6.07) is 4.61. The van der Waals surface area contributed by atoms with Crippen LogP contribution < -0.4 is 5.73 Å². The van der Waals surface area contributed by atoms with Crippen molar-refractivity contribution in [2.75, 3.05) is 0 Å². The van der Waals surface area contributed by atoms with Gasteiger partial charge in [-0.05, 0) is 30.4 Å². The van der Waals surface area contributed by atoms with Crippen molar-refractivity contribution in [2.45, 2.75) is 59.5 Å². The molecule has 1 rings (SSSR count). The minimum atomic E-state index is 0.295. The first-order valence-electron chi connectivity index (χ1n) is 6.32. The van der Waals surface area contributed by atoms with Crippen molar-refractivity contribution < 1.29 is 0 Å². The molecule has 0 spiro atoms. The molecule has 1 aromatic rings. The second kappa shape index (κ2) is 5.53. The Morgan fingerprint density at radius 2 is 2.06 bits per heavy atom. The summed E-state index contributed by atoms with van der Waals surface area (Å²) in [5.74, 6) is 0. The molecule has 0 fully saturated rings. The quantitative estimate of drug-likeness (QED) is 0.815. The zero-order valence-electron chi connectivity index (χ0n) is 11.2. The molecule has 0 aliphatic carbocycles. The van der Waals surface area contributed by atoms with Gasteiger partial charge in [-0.2, -0.15) is 0 Å². The van der Waals surface area contributed by atoms with Crippen LogP contribution in [-0.4, -0.2) is 10.6 Å². The van der Waals surface area contributed by atoms with Crippen molar-refractivity contribution in [1.82, 2.24) is 4.57 Å². The number of nitrogens with zero attached hydrogens (tertiary/aromatic N) is 1.